The number of aryl methyl sites for hydroxylation is 2. The standard InChI is InChI=1S/C17H22N2O4/c1-6-13-16(11(3)23-19-13)17(20)18-10(2)12-7-8-14(21-4)15(9-12)22-5/h7-10H,6H2,1-5H3,(H,18,20). The van der Waals surface area contributed by atoms with Gasteiger partial charge in [0.05, 0.1) is 26.0 Å². The average Bonchev–Trinajstić information content (AvgIpc) is 2.94. The zero-order valence-electron chi connectivity index (χ0n) is 14.1. The largest absolute Gasteiger partial charge is 0.493 e. The van der Waals surface area contributed by atoms with E-state index in [1.54, 1.807) is 21.1 Å². The summed E-state index contributed by atoms with van der Waals surface area (Å²) in [6.07, 6.45) is 0.644. The van der Waals surface area contributed by atoms with Crippen molar-refractivity contribution in [2.45, 2.75) is 33.2 Å². The minimum absolute atomic E-state index is 0.192. The van der Waals surface area contributed by atoms with E-state index < -0.39 is 0 Å². The van der Waals surface area contributed by atoms with Crippen LogP contribution in [0.3, 0.4) is 0 Å². The number of ether oxygens (including phenoxy) is 2. The summed E-state index contributed by atoms with van der Waals surface area (Å²) >= 11 is 0. The molecule has 0 spiro atoms. The van der Waals surface area contributed by atoms with E-state index in [4.69, 9.17) is 14.0 Å². The molecule has 0 radical (unpaired) electrons. The summed E-state index contributed by atoms with van der Waals surface area (Å²) in [6, 6.07) is 5.37. The molecule has 6 heteroatoms. The first kappa shape index (κ1) is 16.9. The Morgan fingerprint density at radius 1 is 1.30 bits per heavy atom. The van der Waals surface area contributed by atoms with Gasteiger partial charge in [0, 0.05) is 0 Å². The van der Waals surface area contributed by atoms with Crippen LogP contribution in [0.25, 0.3) is 0 Å². The maximum Gasteiger partial charge on any atom is 0.257 e. The molecule has 1 amide bonds. The fraction of sp³-hybridized carbons (Fsp3) is 0.412. The fourth-order valence-electron chi connectivity index (χ4n) is 2.42. The zero-order chi connectivity index (χ0) is 17.0. The highest BCUT2D eigenvalue weighted by molar-refractivity contribution is 5.96. The highest BCUT2D eigenvalue weighted by atomic mass is 16.5. The monoisotopic (exact) mass is 318 g/mol. The third-order valence-corrected chi connectivity index (χ3v) is 3.75. The topological polar surface area (TPSA) is 73.6 Å². The van der Waals surface area contributed by atoms with Crippen molar-refractivity contribution in [1.82, 2.24) is 10.5 Å². The molecule has 6 nitrogen and oxygen atoms in total. The van der Waals surface area contributed by atoms with E-state index >= 15 is 0 Å². The van der Waals surface area contributed by atoms with E-state index in [0.29, 0.717) is 34.9 Å². The quantitative estimate of drug-likeness (QED) is 0.886. The zero-order valence-corrected chi connectivity index (χ0v) is 14.1. The number of aromatic nitrogens is 1. The fourth-order valence-corrected chi connectivity index (χ4v) is 2.42. The lowest BCUT2D eigenvalue weighted by atomic mass is 10.1. The van der Waals surface area contributed by atoms with Crippen molar-refractivity contribution in [3.63, 3.8) is 0 Å². The molecule has 1 heterocycles. The molecule has 1 aromatic carbocycles. The molecule has 0 saturated carbocycles. The number of amides is 1. The van der Waals surface area contributed by atoms with Gasteiger partial charge in [-0.3, -0.25) is 4.79 Å². The molecule has 1 N–H and O–H groups in total. The van der Waals surface area contributed by atoms with Crippen molar-refractivity contribution in [2.75, 3.05) is 14.2 Å². The smallest absolute Gasteiger partial charge is 0.257 e. The minimum atomic E-state index is -0.193. The van der Waals surface area contributed by atoms with Crippen LogP contribution in [0.1, 0.15) is 47.3 Å². The van der Waals surface area contributed by atoms with E-state index in [2.05, 4.69) is 10.5 Å². The van der Waals surface area contributed by atoms with E-state index in [0.717, 1.165) is 5.56 Å². The lowest BCUT2D eigenvalue weighted by molar-refractivity contribution is 0.0937. The van der Waals surface area contributed by atoms with Crippen LogP contribution in [0.4, 0.5) is 0 Å². The van der Waals surface area contributed by atoms with Crippen LogP contribution in [0.2, 0.25) is 0 Å². The highest BCUT2D eigenvalue weighted by Gasteiger charge is 2.21. The predicted octanol–water partition coefficient (Wildman–Crippen LogP) is 3.05. The van der Waals surface area contributed by atoms with Gasteiger partial charge in [-0.15, -0.1) is 0 Å². The van der Waals surface area contributed by atoms with Crippen LogP contribution in [0.5, 0.6) is 11.5 Å². The number of rotatable bonds is 6. The molecule has 0 bridgehead atoms. The maximum atomic E-state index is 12.5. The van der Waals surface area contributed by atoms with E-state index in [1.807, 2.05) is 32.0 Å². The Morgan fingerprint density at radius 2 is 2.00 bits per heavy atom. The van der Waals surface area contributed by atoms with Crippen LogP contribution >= 0.6 is 0 Å². The number of hydrogen-bond donors (Lipinski definition) is 1. The second kappa shape index (κ2) is 7.17. The number of carbonyl (C=O) groups excluding carboxylic acids is 1. The van der Waals surface area contributed by atoms with Gasteiger partial charge in [0.1, 0.15) is 11.3 Å². The summed E-state index contributed by atoms with van der Waals surface area (Å²) in [6.45, 7) is 5.58. The van der Waals surface area contributed by atoms with Gasteiger partial charge < -0.3 is 19.3 Å². The Hall–Kier alpha value is -2.50. The summed E-state index contributed by atoms with van der Waals surface area (Å²) in [5.74, 6) is 1.61. The van der Waals surface area contributed by atoms with Crippen molar-refractivity contribution in [2.24, 2.45) is 0 Å². The normalized spacial score (nSPS) is 11.9. The van der Waals surface area contributed by atoms with Crippen LogP contribution in [-0.2, 0) is 6.42 Å². The molecule has 2 aromatic rings. The molecule has 0 aliphatic rings. The molecular weight excluding hydrogens is 296 g/mol. The minimum Gasteiger partial charge on any atom is -0.493 e. The SMILES string of the molecule is CCc1noc(C)c1C(=O)NC(C)c1ccc(OC)c(OC)c1. The van der Waals surface area contributed by atoms with Crippen LogP contribution in [0.15, 0.2) is 22.7 Å². The van der Waals surface area contributed by atoms with Gasteiger partial charge in [-0.05, 0) is 38.0 Å². The molecule has 2 rings (SSSR count). The third-order valence-electron chi connectivity index (χ3n) is 3.75. The Morgan fingerprint density at radius 3 is 2.61 bits per heavy atom. The Labute approximate surface area is 135 Å². The van der Waals surface area contributed by atoms with E-state index in [1.165, 1.54) is 0 Å². The van der Waals surface area contributed by atoms with E-state index in [9.17, 15) is 4.79 Å². The molecular formula is C17H22N2O4. The summed E-state index contributed by atoms with van der Waals surface area (Å²) in [7, 11) is 3.17. The van der Waals surface area contributed by atoms with Crippen molar-refractivity contribution in [1.29, 1.82) is 0 Å². The Balaban J connectivity index is 2.20. The van der Waals surface area contributed by atoms with Gasteiger partial charge in [0.15, 0.2) is 11.5 Å². The number of nitrogens with zero attached hydrogens (tertiary/aromatic N) is 1. The second-order valence-corrected chi connectivity index (χ2v) is 5.22. The molecule has 23 heavy (non-hydrogen) atoms. The lowest BCUT2D eigenvalue weighted by Crippen LogP contribution is -2.27. The van der Waals surface area contributed by atoms with Crippen molar-refractivity contribution < 1.29 is 18.8 Å². The molecule has 124 valence electrons. The molecule has 1 unspecified atom stereocenters. The average molecular weight is 318 g/mol. The van der Waals surface area contributed by atoms with Gasteiger partial charge >= 0.3 is 0 Å². The summed E-state index contributed by atoms with van der Waals surface area (Å²) in [5.41, 5.74) is 2.10. The Kier molecular flexibility index (Phi) is 5.26. The summed E-state index contributed by atoms with van der Waals surface area (Å²) in [5, 5.41) is 6.88. The lowest BCUT2D eigenvalue weighted by Gasteiger charge is -2.16. The first-order valence-corrected chi connectivity index (χ1v) is 7.49. The maximum absolute atomic E-state index is 12.5. The first-order chi connectivity index (χ1) is 11.0. The first-order valence-electron chi connectivity index (χ1n) is 7.49. The number of methoxy groups -OCH3 is 2. The second-order valence-electron chi connectivity index (χ2n) is 5.22. The van der Waals surface area contributed by atoms with E-state index in [-0.39, 0.29) is 11.9 Å². The highest BCUT2D eigenvalue weighted by Crippen LogP contribution is 2.30. The molecule has 1 aromatic heterocycles. The van der Waals surface area contributed by atoms with Gasteiger partial charge in [-0.1, -0.05) is 18.1 Å². The van der Waals surface area contributed by atoms with Crippen LogP contribution in [-0.4, -0.2) is 25.3 Å². The number of nitrogens with one attached hydrogen (secondary N) is 1. The number of hydrogen-bond acceptors (Lipinski definition) is 5. The van der Waals surface area contributed by atoms with Crippen molar-refractivity contribution in [3.8, 4) is 11.5 Å². The van der Waals surface area contributed by atoms with Gasteiger partial charge in [0.2, 0.25) is 0 Å². The number of benzene rings is 1. The molecule has 0 fully saturated rings. The van der Waals surface area contributed by atoms with Crippen molar-refractivity contribution in [3.05, 3.63) is 40.8 Å². The Bertz CT molecular complexity index is 694. The third kappa shape index (κ3) is 3.47. The summed E-state index contributed by atoms with van der Waals surface area (Å²) < 4.78 is 15.6. The molecule has 0 saturated heterocycles. The van der Waals surface area contributed by atoms with Crippen LogP contribution < -0.4 is 14.8 Å². The molecule has 0 aliphatic carbocycles. The summed E-state index contributed by atoms with van der Waals surface area (Å²) in [4.78, 5) is 12.5. The van der Waals surface area contributed by atoms with Crippen LogP contribution in [0, 0.1) is 6.92 Å². The van der Waals surface area contributed by atoms with Gasteiger partial charge in [0.25, 0.3) is 5.91 Å². The van der Waals surface area contributed by atoms with Gasteiger partial charge in [-0.2, -0.15) is 0 Å². The van der Waals surface area contributed by atoms with Crippen molar-refractivity contribution >= 4 is 5.91 Å². The number of carbonyl (C=O) groups is 1. The predicted molar refractivity (Wildman–Crippen MR) is 86.0 cm³/mol. The molecule has 1 atom stereocenters. The van der Waals surface area contributed by atoms with Gasteiger partial charge in [-0.25, -0.2) is 0 Å². The molecule has 0 aliphatic heterocycles.